The Labute approximate surface area is 160 Å². The van der Waals surface area contributed by atoms with Crippen LogP contribution in [0.4, 0.5) is 0 Å². The van der Waals surface area contributed by atoms with Gasteiger partial charge in [-0.3, -0.25) is 0 Å². The molecule has 0 bridgehead atoms. The van der Waals surface area contributed by atoms with Gasteiger partial charge in [0, 0.05) is 12.6 Å². The second kappa shape index (κ2) is 16.8. The first-order valence-corrected chi connectivity index (χ1v) is 9.85. The van der Waals surface area contributed by atoms with Crippen LogP contribution in [0.5, 0.6) is 0 Å². The topological polar surface area (TPSA) is 52.5 Å². The minimum Gasteiger partial charge on any atom is -0.367 e. The van der Waals surface area contributed by atoms with Gasteiger partial charge in [0.2, 0.25) is 0 Å². The van der Waals surface area contributed by atoms with Gasteiger partial charge >= 0.3 is 0 Å². The smallest absolute Gasteiger partial charge is 0.164 e. The molecule has 1 aromatic carbocycles. The molecule has 0 fully saturated rings. The van der Waals surface area contributed by atoms with E-state index < -0.39 is 6.29 Å². The Balaban J connectivity index is 0.00000576. The highest BCUT2D eigenvalue weighted by Gasteiger charge is 2.10. The SMILES string of the molecule is CCCCCCCCCCCC(Cc1ccccc1)NCC(O)O.Cl. The van der Waals surface area contributed by atoms with E-state index in [1.54, 1.807) is 0 Å². The molecular formula is C21H38ClNO2. The van der Waals surface area contributed by atoms with Crippen molar-refractivity contribution >= 4 is 12.4 Å². The number of nitrogens with one attached hydrogen (secondary N) is 1. The van der Waals surface area contributed by atoms with Crippen LogP contribution in [0.1, 0.15) is 76.7 Å². The molecule has 0 radical (unpaired) electrons. The molecule has 0 spiro atoms. The van der Waals surface area contributed by atoms with Crippen molar-refractivity contribution in [1.82, 2.24) is 5.32 Å². The van der Waals surface area contributed by atoms with Crippen LogP contribution in [0.15, 0.2) is 30.3 Å². The molecule has 0 aliphatic heterocycles. The number of halogens is 1. The molecule has 0 saturated heterocycles. The molecule has 0 amide bonds. The molecule has 1 rings (SSSR count). The van der Waals surface area contributed by atoms with E-state index in [0.29, 0.717) is 6.04 Å². The molecule has 0 aliphatic carbocycles. The highest BCUT2D eigenvalue weighted by atomic mass is 35.5. The third-order valence-corrected chi connectivity index (χ3v) is 4.57. The van der Waals surface area contributed by atoms with Gasteiger partial charge in [0.1, 0.15) is 0 Å². The summed E-state index contributed by atoms with van der Waals surface area (Å²) in [6.45, 7) is 2.50. The Bertz CT molecular complexity index is 387. The summed E-state index contributed by atoms with van der Waals surface area (Å²) in [4.78, 5) is 0. The van der Waals surface area contributed by atoms with E-state index in [9.17, 15) is 0 Å². The summed E-state index contributed by atoms with van der Waals surface area (Å²) in [5.74, 6) is 0. The minimum absolute atomic E-state index is 0. The van der Waals surface area contributed by atoms with Gasteiger partial charge in [0.15, 0.2) is 6.29 Å². The average molecular weight is 372 g/mol. The summed E-state index contributed by atoms with van der Waals surface area (Å²) >= 11 is 0. The maximum atomic E-state index is 9.09. The molecule has 1 aromatic rings. The van der Waals surface area contributed by atoms with Crippen molar-refractivity contribution in [3.05, 3.63) is 35.9 Å². The lowest BCUT2D eigenvalue weighted by molar-refractivity contribution is -0.0390. The van der Waals surface area contributed by atoms with E-state index in [1.165, 1.54) is 63.4 Å². The number of aliphatic hydroxyl groups excluding tert-OH is 1. The fourth-order valence-corrected chi connectivity index (χ4v) is 3.15. The second-order valence-corrected chi connectivity index (χ2v) is 6.89. The number of benzene rings is 1. The van der Waals surface area contributed by atoms with Gasteiger partial charge in [0.25, 0.3) is 0 Å². The van der Waals surface area contributed by atoms with Crippen molar-refractivity contribution in [3.8, 4) is 0 Å². The maximum Gasteiger partial charge on any atom is 0.164 e. The molecule has 3 N–H and O–H groups in total. The first-order chi connectivity index (χ1) is 11.7. The number of rotatable bonds is 15. The summed E-state index contributed by atoms with van der Waals surface area (Å²) in [5, 5.41) is 21.5. The predicted octanol–water partition coefficient (Wildman–Crippen LogP) is 4.84. The van der Waals surface area contributed by atoms with Gasteiger partial charge < -0.3 is 15.5 Å². The summed E-state index contributed by atoms with van der Waals surface area (Å²) < 4.78 is 0. The van der Waals surface area contributed by atoms with E-state index in [1.807, 2.05) is 6.07 Å². The van der Waals surface area contributed by atoms with Gasteiger partial charge in [-0.05, 0) is 18.4 Å². The Hall–Kier alpha value is -0.610. The second-order valence-electron chi connectivity index (χ2n) is 6.89. The Morgan fingerprint density at radius 3 is 1.96 bits per heavy atom. The van der Waals surface area contributed by atoms with Crippen molar-refractivity contribution in [3.63, 3.8) is 0 Å². The van der Waals surface area contributed by atoms with Crippen LogP contribution in [0.25, 0.3) is 0 Å². The summed E-state index contributed by atoms with van der Waals surface area (Å²) in [6, 6.07) is 10.8. The lowest BCUT2D eigenvalue weighted by Gasteiger charge is -2.19. The van der Waals surface area contributed by atoms with E-state index >= 15 is 0 Å². The van der Waals surface area contributed by atoms with Crippen molar-refractivity contribution in [2.45, 2.75) is 89.9 Å². The molecule has 0 aliphatic rings. The largest absolute Gasteiger partial charge is 0.367 e. The average Bonchev–Trinajstić information content (AvgIpc) is 2.58. The van der Waals surface area contributed by atoms with Gasteiger partial charge in [-0.15, -0.1) is 12.4 Å². The Kier molecular flexibility index (Phi) is 16.4. The van der Waals surface area contributed by atoms with Gasteiger partial charge in [0.05, 0.1) is 0 Å². The highest BCUT2D eigenvalue weighted by molar-refractivity contribution is 5.85. The number of aliphatic hydroxyl groups is 2. The van der Waals surface area contributed by atoms with Crippen LogP contribution in [-0.4, -0.2) is 29.1 Å². The van der Waals surface area contributed by atoms with E-state index in [0.717, 1.165) is 12.8 Å². The van der Waals surface area contributed by atoms with Crippen LogP contribution in [0, 0.1) is 0 Å². The monoisotopic (exact) mass is 371 g/mol. The zero-order valence-corrected chi connectivity index (χ0v) is 16.6. The molecule has 0 heterocycles. The van der Waals surface area contributed by atoms with Crippen molar-refractivity contribution in [2.75, 3.05) is 6.54 Å². The fraction of sp³-hybridized carbons (Fsp3) is 0.714. The van der Waals surface area contributed by atoms with E-state index in [2.05, 4.69) is 36.5 Å². The zero-order valence-electron chi connectivity index (χ0n) is 15.8. The lowest BCUT2D eigenvalue weighted by atomic mass is 9.99. The maximum absolute atomic E-state index is 9.09. The molecule has 0 aromatic heterocycles. The van der Waals surface area contributed by atoms with Crippen LogP contribution < -0.4 is 5.32 Å². The van der Waals surface area contributed by atoms with Crippen LogP contribution in [-0.2, 0) is 6.42 Å². The number of hydrogen-bond acceptors (Lipinski definition) is 3. The van der Waals surface area contributed by atoms with Crippen molar-refractivity contribution < 1.29 is 10.2 Å². The molecule has 3 nitrogen and oxygen atoms in total. The fourth-order valence-electron chi connectivity index (χ4n) is 3.15. The van der Waals surface area contributed by atoms with Crippen molar-refractivity contribution in [2.24, 2.45) is 0 Å². The molecule has 4 heteroatoms. The third kappa shape index (κ3) is 14.3. The number of hydrogen-bond donors (Lipinski definition) is 3. The van der Waals surface area contributed by atoms with Crippen LogP contribution >= 0.6 is 12.4 Å². The van der Waals surface area contributed by atoms with E-state index in [4.69, 9.17) is 10.2 Å². The van der Waals surface area contributed by atoms with E-state index in [-0.39, 0.29) is 19.0 Å². The Morgan fingerprint density at radius 1 is 0.840 bits per heavy atom. The molecule has 25 heavy (non-hydrogen) atoms. The lowest BCUT2D eigenvalue weighted by Crippen LogP contribution is -2.37. The van der Waals surface area contributed by atoms with Crippen LogP contribution in [0.2, 0.25) is 0 Å². The van der Waals surface area contributed by atoms with Gasteiger partial charge in [-0.1, -0.05) is 95.0 Å². The van der Waals surface area contributed by atoms with Gasteiger partial charge in [-0.25, -0.2) is 0 Å². The summed E-state index contributed by atoms with van der Waals surface area (Å²) in [6.07, 6.45) is 12.8. The quantitative estimate of drug-likeness (QED) is 0.305. The summed E-state index contributed by atoms with van der Waals surface area (Å²) in [7, 11) is 0. The van der Waals surface area contributed by atoms with Gasteiger partial charge in [-0.2, -0.15) is 0 Å². The normalized spacial score (nSPS) is 12.2. The molecule has 146 valence electrons. The highest BCUT2D eigenvalue weighted by Crippen LogP contribution is 2.13. The van der Waals surface area contributed by atoms with Crippen LogP contribution in [0.3, 0.4) is 0 Å². The molecule has 0 saturated carbocycles. The minimum atomic E-state index is -1.27. The predicted molar refractivity (Wildman–Crippen MR) is 109 cm³/mol. The molecule has 1 atom stereocenters. The summed E-state index contributed by atoms with van der Waals surface area (Å²) in [5.41, 5.74) is 1.30. The first-order valence-electron chi connectivity index (χ1n) is 9.85. The molecular weight excluding hydrogens is 334 g/mol. The molecule has 1 unspecified atom stereocenters. The Morgan fingerprint density at radius 2 is 1.40 bits per heavy atom. The van der Waals surface area contributed by atoms with Crippen molar-refractivity contribution in [1.29, 1.82) is 0 Å². The zero-order chi connectivity index (χ0) is 17.5. The standard InChI is InChI=1S/C21H37NO2.ClH/c1-2-3-4-5-6-7-8-9-13-16-20(22-18-21(23)24)17-19-14-11-10-12-15-19;/h10-12,14-15,20-24H,2-9,13,16-18H2,1H3;1H. The third-order valence-electron chi connectivity index (χ3n) is 4.57. The first kappa shape index (κ1) is 24.4. The number of unbranched alkanes of at least 4 members (excludes halogenated alkanes) is 8.